The van der Waals surface area contributed by atoms with Crippen molar-refractivity contribution >= 4 is 0 Å². The molecule has 62 valence electrons. The molecule has 1 saturated carbocycles. The van der Waals surface area contributed by atoms with Crippen LogP contribution in [0.1, 0.15) is 25.7 Å². The Hall–Kier alpha value is -0.520. The monoisotopic (exact) mass is 153 g/mol. The minimum Gasteiger partial charge on any atom is -0.393 e. The maximum absolute atomic E-state index is 9.29. The van der Waals surface area contributed by atoms with Gasteiger partial charge < -0.3 is 10.4 Å². The molecule has 2 heteroatoms. The average molecular weight is 153 g/mol. The minimum absolute atomic E-state index is 0.112. The van der Waals surface area contributed by atoms with E-state index < -0.39 is 0 Å². The fraction of sp³-hybridized carbons (Fsp3) is 0.778. The third-order valence-corrected chi connectivity index (χ3v) is 2.14. The van der Waals surface area contributed by atoms with Gasteiger partial charge in [0.05, 0.1) is 12.6 Å². The smallest absolute Gasteiger partial charge is 0.0575 e. The van der Waals surface area contributed by atoms with Gasteiger partial charge in [0.2, 0.25) is 0 Å². The van der Waals surface area contributed by atoms with Crippen LogP contribution in [-0.2, 0) is 0 Å². The van der Waals surface area contributed by atoms with Gasteiger partial charge in [-0.25, -0.2) is 0 Å². The zero-order chi connectivity index (χ0) is 8.10. The summed E-state index contributed by atoms with van der Waals surface area (Å²) in [6.45, 7) is 0.622. The van der Waals surface area contributed by atoms with Crippen LogP contribution in [0, 0.1) is 12.3 Å². The zero-order valence-corrected chi connectivity index (χ0v) is 6.71. The van der Waals surface area contributed by atoms with Crippen LogP contribution in [-0.4, -0.2) is 23.8 Å². The molecule has 0 aromatic rings. The quantitative estimate of drug-likeness (QED) is 0.567. The van der Waals surface area contributed by atoms with E-state index in [0.29, 0.717) is 12.6 Å². The first-order valence-corrected chi connectivity index (χ1v) is 4.18. The summed E-state index contributed by atoms with van der Waals surface area (Å²) in [6.07, 6.45) is 9.07. The summed E-state index contributed by atoms with van der Waals surface area (Å²) in [4.78, 5) is 0. The highest BCUT2D eigenvalue weighted by molar-refractivity contribution is 4.89. The Bertz CT molecular complexity index is 150. The van der Waals surface area contributed by atoms with E-state index in [1.165, 1.54) is 0 Å². The summed E-state index contributed by atoms with van der Waals surface area (Å²) in [5, 5.41) is 12.5. The summed E-state index contributed by atoms with van der Waals surface area (Å²) in [5.41, 5.74) is 0. The maximum Gasteiger partial charge on any atom is 0.0575 e. The molecule has 0 spiro atoms. The third kappa shape index (κ3) is 2.92. The zero-order valence-electron chi connectivity index (χ0n) is 6.71. The summed E-state index contributed by atoms with van der Waals surface area (Å²) in [5.74, 6) is 2.54. The lowest BCUT2D eigenvalue weighted by molar-refractivity contribution is 0.113. The number of aliphatic hydroxyl groups excluding tert-OH is 1. The molecule has 0 amide bonds. The molecule has 0 saturated heterocycles. The molecule has 0 aromatic carbocycles. The van der Waals surface area contributed by atoms with Crippen molar-refractivity contribution in [3.05, 3.63) is 0 Å². The summed E-state index contributed by atoms with van der Waals surface area (Å²) >= 11 is 0. The van der Waals surface area contributed by atoms with E-state index in [9.17, 15) is 5.11 Å². The van der Waals surface area contributed by atoms with Crippen molar-refractivity contribution in [3.8, 4) is 12.3 Å². The molecular formula is C9H15NO. The lowest BCUT2D eigenvalue weighted by Gasteiger charge is -2.25. The van der Waals surface area contributed by atoms with E-state index in [0.717, 1.165) is 25.7 Å². The second-order valence-electron chi connectivity index (χ2n) is 3.10. The van der Waals surface area contributed by atoms with Crippen molar-refractivity contribution in [2.45, 2.75) is 37.8 Å². The Balaban J connectivity index is 2.18. The molecule has 1 rings (SSSR count). The fourth-order valence-electron chi connectivity index (χ4n) is 1.55. The summed E-state index contributed by atoms with van der Waals surface area (Å²) in [6, 6.07) is 0.440. The molecule has 0 heterocycles. The first kappa shape index (κ1) is 8.58. The van der Waals surface area contributed by atoms with Crippen LogP contribution in [0.25, 0.3) is 0 Å². The predicted octanol–water partition coefficient (Wildman–Crippen LogP) is 0.513. The van der Waals surface area contributed by atoms with Gasteiger partial charge in [-0.2, -0.15) is 0 Å². The lowest BCUT2D eigenvalue weighted by Crippen LogP contribution is -2.36. The summed E-state index contributed by atoms with van der Waals surface area (Å²) < 4.78 is 0. The van der Waals surface area contributed by atoms with Gasteiger partial charge in [-0.1, -0.05) is 5.92 Å². The SMILES string of the molecule is C#CCNC1CCCC(O)C1. The van der Waals surface area contributed by atoms with Crippen LogP contribution in [0.2, 0.25) is 0 Å². The van der Waals surface area contributed by atoms with E-state index in [2.05, 4.69) is 11.2 Å². The van der Waals surface area contributed by atoms with Crippen LogP contribution < -0.4 is 5.32 Å². The molecule has 2 atom stereocenters. The van der Waals surface area contributed by atoms with Gasteiger partial charge in [0.15, 0.2) is 0 Å². The molecule has 2 nitrogen and oxygen atoms in total. The fourth-order valence-corrected chi connectivity index (χ4v) is 1.55. The highest BCUT2D eigenvalue weighted by Crippen LogP contribution is 2.17. The van der Waals surface area contributed by atoms with Crippen molar-refractivity contribution < 1.29 is 5.11 Å². The Labute approximate surface area is 68.0 Å². The standard InChI is InChI=1S/C9H15NO/c1-2-6-10-8-4-3-5-9(11)7-8/h1,8-11H,3-7H2. The Morgan fingerprint density at radius 3 is 3.00 bits per heavy atom. The Kier molecular flexibility index (Phi) is 3.41. The molecule has 0 bridgehead atoms. The topological polar surface area (TPSA) is 32.3 Å². The van der Waals surface area contributed by atoms with Crippen LogP contribution in [0.3, 0.4) is 0 Å². The molecule has 11 heavy (non-hydrogen) atoms. The van der Waals surface area contributed by atoms with Gasteiger partial charge in [0.1, 0.15) is 0 Å². The lowest BCUT2D eigenvalue weighted by atomic mass is 9.93. The molecule has 2 unspecified atom stereocenters. The molecule has 0 aliphatic heterocycles. The second-order valence-corrected chi connectivity index (χ2v) is 3.10. The van der Waals surface area contributed by atoms with E-state index in [1.807, 2.05) is 0 Å². The van der Waals surface area contributed by atoms with Gasteiger partial charge in [-0.05, 0) is 25.7 Å². The van der Waals surface area contributed by atoms with E-state index in [4.69, 9.17) is 6.42 Å². The van der Waals surface area contributed by atoms with Crippen LogP contribution in [0.4, 0.5) is 0 Å². The van der Waals surface area contributed by atoms with Gasteiger partial charge in [-0.3, -0.25) is 0 Å². The predicted molar refractivity (Wildman–Crippen MR) is 45.1 cm³/mol. The van der Waals surface area contributed by atoms with Gasteiger partial charge in [0, 0.05) is 6.04 Å². The van der Waals surface area contributed by atoms with Crippen molar-refractivity contribution in [3.63, 3.8) is 0 Å². The minimum atomic E-state index is -0.112. The average Bonchev–Trinajstić information content (AvgIpc) is 2.01. The molecule has 1 aliphatic carbocycles. The Morgan fingerprint density at radius 1 is 1.55 bits per heavy atom. The van der Waals surface area contributed by atoms with E-state index >= 15 is 0 Å². The van der Waals surface area contributed by atoms with Gasteiger partial charge in [-0.15, -0.1) is 6.42 Å². The normalized spacial score (nSPS) is 31.3. The number of terminal acetylenes is 1. The number of aliphatic hydroxyl groups is 1. The van der Waals surface area contributed by atoms with Gasteiger partial charge >= 0.3 is 0 Å². The third-order valence-electron chi connectivity index (χ3n) is 2.14. The first-order chi connectivity index (χ1) is 5.33. The molecule has 0 radical (unpaired) electrons. The first-order valence-electron chi connectivity index (χ1n) is 4.18. The van der Waals surface area contributed by atoms with E-state index in [-0.39, 0.29) is 6.10 Å². The largest absolute Gasteiger partial charge is 0.393 e. The summed E-state index contributed by atoms with van der Waals surface area (Å²) in [7, 11) is 0. The molecular weight excluding hydrogens is 138 g/mol. The Morgan fingerprint density at radius 2 is 2.36 bits per heavy atom. The number of hydrogen-bond acceptors (Lipinski definition) is 2. The van der Waals surface area contributed by atoms with Gasteiger partial charge in [0.25, 0.3) is 0 Å². The van der Waals surface area contributed by atoms with Crippen molar-refractivity contribution in [1.82, 2.24) is 5.32 Å². The number of rotatable bonds is 2. The number of hydrogen-bond donors (Lipinski definition) is 2. The van der Waals surface area contributed by atoms with Crippen molar-refractivity contribution in [1.29, 1.82) is 0 Å². The van der Waals surface area contributed by atoms with Crippen molar-refractivity contribution in [2.24, 2.45) is 0 Å². The highest BCUT2D eigenvalue weighted by Gasteiger charge is 2.18. The van der Waals surface area contributed by atoms with E-state index in [1.54, 1.807) is 0 Å². The van der Waals surface area contributed by atoms with Crippen LogP contribution >= 0.6 is 0 Å². The second kappa shape index (κ2) is 4.38. The van der Waals surface area contributed by atoms with Crippen LogP contribution in [0.15, 0.2) is 0 Å². The number of nitrogens with one attached hydrogen (secondary N) is 1. The maximum atomic E-state index is 9.29. The molecule has 0 aromatic heterocycles. The van der Waals surface area contributed by atoms with Crippen LogP contribution in [0.5, 0.6) is 0 Å². The molecule has 1 fully saturated rings. The van der Waals surface area contributed by atoms with Crippen molar-refractivity contribution in [2.75, 3.05) is 6.54 Å². The molecule has 1 aliphatic rings. The highest BCUT2D eigenvalue weighted by atomic mass is 16.3. The molecule has 2 N–H and O–H groups in total.